The molecule has 0 spiro atoms. The number of thiazole rings is 1. The Bertz CT molecular complexity index is 1170. The zero-order valence-electron chi connectivity index (χ0n) is 18.7. The van der Waals surface area contributed by atoms with Gasteiger partial charge >= 0.3 is 0 Å². The van der Waals surface area contributed by atoms with Gasteiger partial charge in [-0.3, -0.25) is 4.79 Å². The summed E-state index contributed by atoms with van der Waals surface area (Å²) >= 11 is 1.46. The molecular weight excluding hydrogens is 444 g/mol. The van der Waals surface area contributed by atoms with Crippen molar-refractivity contribution in [3.05, 3.63) is 65.2 Å². The number of hydrogen-bond donors (Lipinski definition) is 0. The van der Waals surface area contributed by atoms with Gasteiger partial charge in [0.1, 0.15) is 16.5 Å². The van der Waals surface area contributed by atoms with Gasteiger partial charge in [0.25, 0.3) is 5.91 Å². The number of nitrogens with zero attached hydrogens (tertiary/aromatic N) is 2. The summed E-state index contributed by atoms with van der Waals surface area (Å²) in [6.45, 7) is 5.18. The van der Waals surface area contributed by atoms with Crippen LogP contribution in [0.2, 0.25) is 0 Å². The van der Waals surface area contributed by atoms with Gasteiger partial charge in [-0.25, -0.2) is 13.4 Å². The molecule has 0 N–H and O–H groups in total. The molecule has 0 radical (unpaired) electrons. The van der Waals surface area contributed by atoms with Crippen molar-refractivity contribution < 1.29 is 17.9 Å². The number of sulfone groups is 1. The molecule has 0 unspecified atom stereocenters. The SMILES string of the molecule is CC(C)c1ccc(-c2nc(C(=O)N(C)CCCOc3cccc(S(C)(=O)=O)c3)cs2)cc1. The lowest BCUT2D eigenvalue weighted by Gasteiger charge is -2.16. The molecule has 0 fully saturated rings. The molecule has 3 rings (SSSR count). The Morgan fingerprint density at radius 1 is 1.16 bits per heavy atom. The summed E-state index contributed by atoms with van der Waals surface area (Å²) < 4.78 is 28.9. The summed E-state index contributed by atoms with van der Waals surface area (Å²) in [5.74, 6) is 0.832. The van der Waals surface area contributed by atoms with Gasteiger partial charge < -0.3 is 9.64 Å². The number of ether oxygens (including phenoxy) is 1. The van der Waals surface area contributed by atoms with E-state index in [1.165, 1.54) is 29.0 Å². The van der Waals surface area contributed by atoms with Crippen LogP contribution in [-0.4, -0.2) is 50.7 Å². The van der Waals surface area contributed by atoms with E-state index in [9.17, 15) is 13.2 Å². The van der Waals surface area contributed by atoms with Gasteiger partial charge in [-0.15, -0.1) is 11.3 Å². The number of rotatable bonds is 9. The third kappa shape index (κ3) is 6.17. The van der Waals surface area contributed by atoms with Crippen LogP contribution in [0.4, 0.5) is 0 Å². The van der Waals surface area contributed by atoms with Crippen LogP contribution in [0.15, 0.2) is 58.8 Å². The van der Waals surface area contributed by atoms with E-state index >= 15 is 0 Å². The first-order chi connectivity index (χ1) is 15.1. The topological polar surface area (TPSA) is 76.6 Å². The summed E-state index contributed by atoms with van der Waals surface area (Å²) in [7, 11) is -1.54. The first kappa shape index (κ1) is 23.9. The molecule has 0 bridgehead atoms. The van der Waals surface area contributed by atoms with Crippen LogP contribution in [-0.2, 0) is 9.84 Å². The highest BCUT2D eigenvalue weighted by molar-refractivity contribution is 7.90. The fourth-order valence-corrected chi connectivity index (χ4v) is 4.55. The molecule has 0 saturated heterocycles. The Hall–Kier alpha value is -2.71. The van der Waals surface area contributed by atoms with Crippen molar-refractivity contribution in [2.24, 2.45) is 0 Å². The molecular formula is C24H28N2O4S2. The standard InChI is InChI=1S/C24H28N2O4S2/c1-17(2)18-9-11-19(12-10-18)23-25-22(16-31-23)24(27)26(3)13-6-14-30-20-7-5-8-21(15-20)32(4,28)29/h5,7-12,15-17H,6,13-14H2,1-4H3. The zero-order valence-corrected chi connectivity index (χ0v) is 20.4. The second-order valence-electron chi connectivity index (χ2n) is 7.99. The number of aromatic nitrogens is 1. The highest BCUT2D eigenvalue weighted by Crippen LogP contribution is 2.26. The highest BCUT2D eigenvalue weighted by Gasteiger charge is 2.16. The van der Waals surface area contributed by atoms with Crippen molar-refractivity contribution in [1.29, 1.82) is 0 Å². The molecule has 1 aromatic heterocycles. The molecule has 0 aliphatic heterocycles. The lowest BCUT2D eigenvalue weighted by Crippen LogP contribution is -2.28. The van der Waals surface area contributed by atoms with Crippen molar-refractivity contribution in [3.63, 3.8) is 0 Å². The number of amides is 1. The Labute approximate surface area is 193 Å². The van der Waals surface area contributed by atoms with Crippen LogP contribution in [0, 0.1) is 0 Å². The monoisotopic (exact) mass is 472 g/mol. The summed E-state index contributed by atoms with van der Waals surface area (Å²) in [5, 5.41) is 2.61. The van der Waals surface area contributed by atoms with E-state index in [0.717, 1.165) is 16.8 Å². The van der Waals surface area contributed by atoms with Crippen LogP contribution in [0.25, 0.3) is 10.6 Å². The van der Waals surface area contributed by atoms with E-state index in [1.54, 1.807) is 29.5 Å². The van der Waals surface area contributed by atoms with Crippen molar-refractivity contribution in [1.82, 2.24) is 9.88 Å². The molecule has 32 heavy (non-hydrogen) atoms. The molecule has 170 valence electrons. The number of hydrogen-bond acceptors (Lipinski definition) is 6. The third-order valence-electron chi connectivity index (χ3n) is 5.03. The molecule has 6 nitrogen and oxygen atoms in total. The van der Waals surface area contributed by atoms with Gasteiger partial charge in [-0.05, 0) is 36.1 Å². The molecule has 1 heterocycles. The second kappa shape index (κ2) is 10.3. The maximum atomic E-state index is 12.7. The van der Waals surface area contributed by atoms with Crippen molar-refractivity contribution >= 4 is 27.1 Å². The molecule has 0 atom stereocenters. The molecule has 3 aromatic rings. The van der Waals surface area contributed by atoms with Gasteiger partial charge in [-0.1, -0.05) is 44.2 Å². The minimum atomic E-state index is -3.27. The van der Waals surface area contributed by atoms with Crippen LogP contribution in [0.3, 0.4) is 0 Å². The minimum Gasteiger partial charge on any atom is -0.493 e. The zero-order chi connectivity index (χ0) is 23.3. The van der Waals surface area contributed by atoms with Crippen molar-refractivity contribution in [3.8, 4) is 16.3 Å². The average Bonchev–Trinajstić information content (AvgIpc) is 3.26. The Morgan fingerprint density at radius 2 is 1.88 bits per heavy atom. The Kier molecular flexibility index (Phi) is 7.69. The van der Waals surface area contributed by atoms with Gasteiger partial charge in [0.15, 0.2) is 9.84 Å². The lowest BCUT2D eigenvalue weighted by atomic mass is 10.0. The predicted molar refractivity (Wildman–Crippen MR) is 128 cm³/mol. The average molecular weight is 473 g/mol. The van der Waals surface area contributed by atoms with Crippen LogP contribution >= 0.6 is 11.3 Å². The number of benzene rings is 2. The quantitative estimate of drug-likeness (QED) is 0.415. The Morgan fingerprint density at radius 3 is 2.53 bits per heavy atom. The maximum absolute atomic E-state index is 12.7. The van der Waals surface area contributed by atoms with Crippen LogP contribution in [0.1, 0.15) is 42.2 Å². The van der Waals surface area contributed by atoms with E-state index < -0.39 is 9.84 Å². The van der Waals surface area contributed by atoms with E-state index in [-0.39, 0.29) is 10.8 Å². The molecule has 0 aliphatic rings. The van der Waals surface area contributed by atoms with Crippen LogP contribution < -0.4 is 4.74 Å². The van der Waals surface area contributed by atoms with Crippen molar-refractivity contribution in [2.45, 2.75) is 31.1 Å². The van der Waals surface area contributed by atoms with Crippen molar-refractivity contribution in [2.75, 3.05) is 26.5 Å². The molecule has 0 saturated carbocycles. The fourth-order valence-electron chi connectivity index (χ4n) is 3.10. The first-order valence-electron chi connectivity index (χ1n) is 10.4. The van der Waals surface area contributed by atoms with E-state index in [2.05, 4.69) is 31.0 Å². The summed E-state index contributed by atoms with van der Waals surface area (Å²) in [6, 6.07) is 14.7. The lowest BCUT2D eigenvalue weighted by molar-refractivity contribution is 0.0783. The van der Waals surface area contributed by atoms with Crippen LogP contribution in [0.5, 0.6) is 5.75 Å². The first-order valence-corrected chi connectivity index (χ1v) is 13.2. The Balaban J connectivity index is 1.52. The second-order valence-corrected chi connectivity index (χ2v) is 10.9. The van der Waals surface area contributed by atoms with E-state index in [0.29, 0.717) is 36.9 Å². The number of carbonyl (C=O) groups is 1. The maximum Gasteiger partial charge on any atom is 0.273 e. The largest absolute Gasteiger partial charge is 0.493 e. The molecule has 2 aromatic carbocycles. The third-order valence-corrected chi connectivity index (χ3v) is 7.04. The fraction of sp³-hybridized carbons (Fsp3) is 0.333. The van der Waals surface area contributed by atoms with E-state index in [1.807, 2.05) is 12.1 Å². The predicted octanol–water partition coefficient (Wildman–Crippen LogP) is 4.88. The van der Waals surface area contributed by atoms with E-state index in [4.69, 9.17) is 4.74 Å². The van der Waals surface area contributed by atoms with Gasteiger partial charge in [0.2, 0.25) is 0 Å². The number of carbonyl (C=O) groups excluding carboxylic acids is 1. The summed E-state index contributed by atoms with van der Waals surface area (Å²) in [6.07, 6.45) is 1.77. The molecule has 1 amide bonds. The normalized spacial score (nSPS) is 11.5. The smallest absolute Gasteiger partial charge is 0.273 e. The van der Waals surface area contributed by atoms with Gasteiger partial charge in [-0.2, -0.15) is 0 Å². The minimum absolute atomic E-state index is 0.134. The van der Waals surface area contributed by atoms with Gasteiger partial charge in [0.05, 0.1) is 11.5 Å². The molecule has 8 heteroatoms. The van der Waals surface area contributed by atoms with Gasteiger partial charge in [0, 0.05) is 30.8 Å². The highest BCUT2D eigenvalue weighted by atomic mass is 32.2. The molecule has 0 aliphatic carbocycles. The summed E-state index contributed by atoms with van der Waals surface area (Å²) in [4.78, 5) is 19.1. The summed E-state index contributed by atoms with van der Waals surface area (Å²) in [5.41, 5.74) is 2.71.